The van der Waals surface area contributed by atoms with Crippen LogP contribution in [0.15, 0.2) is 55.1 Å². The molecule has 0 atom stereocenters. The molecule has 2 amide bonds. The molecule has 3 heterocycles. The lowest BCUT2D eigenvalue weighted by Crippen LogP contribution is -2.48. The Morgan fingerprint density at radius 1 is 1.02 bits per heavy atom. The maximum absolute atomic E-state index is 14.1. The zero-order valence-corrected chi connectivity index (χ0v) is 23.3. The molecule has 0 spiro atoms. The predicted octanol–water partition coefficient (Wildman–Crippen LogP) is 4.98. The second-order valence-corrected chi connectivity index (χ2v) is 9.71. The van der Waals surface area contributed by atoms with Crippen molar-refractivity contribution >= 4 is 34.4 Å². The van der Waals surface area contributed by atoms with Crippen LogP contribution in [-0.4, -0.2) is 75.5 Å². The fourth-order valence-electron chi connectivity index (χ4n) is 4.87. The van der Waals surface area contributed by atoms with Crippen LogP contribution in [0.3, 0.4) is 0 Å². The van der Waals surface area contributed by atoms with Crippen LogP contribution >= 0.6 is 0 Å². The fourth-order valence-corrected chi connectivity index (χ4v) is 4.87. The number of fused-ring (bicyclic) bond motifs is 1. The summed E-state index contributed by atoms with van der Waals surface area (Å²) in [4.78, 5) is 25.5. The molecular weight excluding hydrogens is 551 g/mol. The summed E-state index contributed by atoms with van der Waals surface area (Å²) in [6, 6.07) is 10.1. The number of amides is 2. The van der Waals surface area contributed by atoms with Crippen molar-refractivity contribution in [2.24, 2.45) is 0 Å². The van der Waals surface area contributed by atoms with E-state index in [1.54, 1.807) is 42.2 Å². The Kier molecular flexibility index (Phi) is 8.85. The number of anilines is 3. The van der Waals surface area contributed by atoms with Gasteiger partial charge in [-0.25, -0.2) is 29.8 Å². The summed E-state index contributed by atoms with van der Waals surface area (Å²) in [5, 5.41) is 12.1. The van der Waals surface area contributed by atoms with E-state index in [0.29, 0.717) is 55.5 Å². The lowest BCUT2D eigenvalue weighted by atomic mass is 10.1. The number of alkyl halides is 3. The van der Waals surface area contributed by atoms with E-state index < -0.39 is 17.8 Å². The van der Waals surface area contributed by atoms with Gasteiger partial charge in [-0.1, -0.05) is 13.0 Å². The molecule has 4 aromatic rings. The number of nitrogens with zero attached hydrogens (tertiary/aromatic N) is 6. The first-order valence-corrected chi connectivity index (χ1v) is 13.6. The van der Waals surface area contributed by atoms with Crippen molar-refractivity contribution in [3.63, 3.8) is 0 Å². The number of benzene rings is 2. The summed E-state index contributed by atoms with van der Waals surface area (Å²) < 4.78 is 49.4. The van der Waals surface area contributed by atoms with Crippen LogP contribution in [0.4, 0.5) is 35.2 Å². The Morgan fingerprint density at radius 2 is 1.74 bits per heavy atom. The van der Waals surface area contributed by atoms with Crippen molar-refractivity contribution in [3.8, 4) is 5.69 Å². The van der Waals surface area contributed by atoms with Gasteiger partial charge in [-0.2, -0.15) is 13.2 Å². The third kappa shape index (κ3) is 6.61. The zero-order chi connectivity index (χ0) is 29.7. The normalized spacial score (nSPS) is 14.3. The minimum absolute atomic E-state index is 0.0403. The molecule has 0 radical (unpaired) electrons. The average molecular weight is 584 g/mol. The molecule has 0 saturated carbocycles. The molecule has 14 heteroatoms. The first kappa shape index (κ1) is 29.2. The predicted molar refractivity (Wildman–Crippen MR) is 153 cm³/mol. The van der Waals surface area contributed by atoms with Crippen LogP contribution in [0.1, 0.15) is 24.5 Å². The van der Waals surface area contributed by atoms with E-state index in [-0.39, 0.29) is 17.8 Å². The number of hydrogen-bond donors (Lipinski definition) is 3. The highest BCUT2D eigenvalue weighted by Crippen LogP contribution is 2.35. The largest absolute Gasteiger partial charge is 0.416 e. The molecule has 0 bridgehead atoms. The molecule has 2 aromatic heterocycles. The molecule has 1 saturated heterocycles. The second-order valence-electron chi connectivity index (χ2n) is 9.71. The van der Waals surface area contributed by atoms with Crippen molar-refractivity contribution in [2.75, 3.05) is 55.8 Å². The van der Waals surface area contributed by atoms with E-state index in [4.69, 9.17) is 4.74 Å². The number of carbonyl (C=O) groups is 1. The average Bonchev–Trinajstić information content (AvgIpc) is 3.42. The van der Waals surface area contributed by atoms with Crippen LogP contribution in [-0.2, 0) is 17.5 Å². The van der Waals surface area contributed by atoms with Crippen LogP contribution in [0, 0.1) is 0 Å². The van der Waals surface area contributed by atoms with Gasteiger partial charge in [0.1, 0.15) is 12.7 Å². The molecule has 11 nitrogen and oxygen atoms in total. The van der Waals surface area contributed by atoms with Gasteiger partial charge < -0.3 is 20.7 Å². The Labute approximate surface area is 240 Å². The first-order chi connectivity index (χ1) is 20.3. The minimum Gasteiger partial charge on any atom is -0.379 e. The topological polar surface area (TPSA) is 112 Å². The SMILES string of the molecule is CCCN(Cc1ccc(NC(=O)Nc2ccc(-n3cnc4c(NC)ncnc43)cc2)cc1C(F)(F)F)N1CCOCC1. The van der Waals surface area contributed by atoms with Crippen LogP contribution in [0.5, 0.6) is 0 Å². The molecule has 42 heavy (non-hydrogen) atoms. The number of hydrogen-bond acceptors (Lipinski definition) is 8. The van der Waals surface area contributed by atoms with Gasteiger partial charge in [-0.15, -0.1) is 0 Å². The number of ether oxygens (including phenoxy) is 1. The highest BCUT2D eigenvalue weighted by Gasteiger charge is 2.34. The smallest absolute Gasteiger partial charge is 0.379 e. The van der Waals surface area contributed by atoms with Crippen molar-refractivity contribution < 1.29 is 22.7 Å². The van der Waals surface area contributed by atoms with Gasteiger partial charge in [0, 0.05) is 50.3 Å². The van der Waals surface area contributed by atoms with Gasteiger partial charge in [0.2, 0.25) is 0 Å². The van der Waals surface area contributed by atoms with E-state index in [0.717, 1.165) is 18.2 Å². The third-order valence-electron chi connectivity index (χ3n) is 6.87. The number of urea groups is 1. The highest BCUT2D eigenvalue weighted by molar-refractivity contribution is 5.99. The number of hydrazine groups is 1. The standard InChI is InChI=1S/C28H32F3N9O2/c1-3-10-39(38-11-13-42-14-12-38)16-19-4-5-21(15-23(19)28(29,30)31)37-27(41)36-20-6-8-22(9-7-20)40-18-35-24-25(32-2)33-17-34-26(24)40/h4-9,15,17-18H,3,10-14,16H2,1-2H3,(H,32,33,34)(H2,36,37,41). The maximum atomic E-state index is 14.1. The third-order valence-corrected chi connectivity index (χ3v) is 6.87. The van der Waals surface area contributed by atoms with E-state index >= 15 is 0 Å². The fraction of sp³-hybridized carbons (Fsp3) is 0.357. The molecule has 0 unspecified atom stereocenters. The van der Waals surface area contributed by atoms with E-state index in [1.807, 2.05) is 16.9 Å². The number of rotatable bonds is 9. The van der Waals surface area contributed by atoms with Crippen LogP contribution in [0.25, 0.3) is 16.9 Å². The van der Waals surface area contributed by atoms with Gasteiger partial charge in [-0.05, 0) is 48.4 Å². The molecule has 1 aliphatic rings. The summed E-state index contributed by atoms with van der Waals surface area (Å²) in [6.07, 6.45) is -0.725. The van der Waals surface area contributed by atoms with Crippen molar-refractivity contribution in [2.45, 2.75) is 26.1 Å². The van der Waals surface area contributed by atoms with E-state index in [1.165, 1.54) is 18.5 Å². The molecule has 1 aliphatic heterocycles. The molecule has 1 fully saturated rings. The Bertz CT molecular complexity index is 1520. The van der Waals surface area contributed by atoms with Gasteiger partial charge in [-0.3, -0.25) is 4.57 Å². The lowest BCUT2D eigenvalue weighted by Gasteiger charge is -2.37. The minimum atomic E-state index is -4.58. The monoisotopic (exact) mass is 583 g/mol. The number of imidazole rings is 1. The second kappa shape index (κ2) is 12.7. The number of carbonyl (C=O) groups excluding carboxylic acids is 1. The Balaban J connectivity index is 1.27. The van der Waals surface area contributed by atoms with Gasteiger partial charge >= 0.3 is 12.2 Å². The van der Waals surface area contributed by atoms with Gasteiger partial charge in [0.15, 0.2) is 17.0 Å². The first-order valence-electron chi connectivity index (χ1n) is 13.6. The molecule has 5 rings (SSSR count). The Morgan fingerprint density at radius 3 is 2.43 bits per heavy atom. The van der Waals surface area contributed by atoms with E-state index in [2.05, 4.69) is 30.9 Å². The number of halogens is 3. The maximum Gasteiger partial charge on any atom is 0.416 e. The van der Waals surface area contributed by atoms with Crippen LogP contribution in [0.2, 0.25) is 0 Å². The lowest BCUT2D eigenvalue weighted by molar-refractivity contribution is -0.140. The summed E-state index contributed by atoms with van der Waals surface area (Å²) in [5.41, 5.74) is 1.84. The molecular formula is C28H32F3N9O2. The molecule has 222 valence electrons. The van der Waals surface area contributed by atoms with Crippen LogP contribution < -0.4 is 16.0 Å². The number of morpholine rings is 1. The number of aromatic nitrogens is 4. The highest BCUT2D eigenvalue weighted by atomic mass is 19.4. The summed E-state index contributed by atoms with van der Waals surface area (Å²) >= 11 is 0. The van der Waals surface area contributed by atoms with Gasteiger partial charge in [0.25, 0.3) is 0 Å². The van der Waals surface area contributed by atoms with Crippen molar-refractivity contribution in [3.05, 3.63) is 66.2 Å². The van der Waals surface area contributed by atoms with Gasteiger partial charge in [0.05, 0.1) is 18.8 Å². The molecule has 0 aliphatic carbocycles. The summed E-state index contributed by atoms with van der Waals surface area (Å²) in [6.45, 7) is 5.07. The quantitative estimate of drug-likeness (QED) is 0.253. The van der Waals surface area contributed by atoms with Crippen molar-refractivity contribution in [1.29, 1.82) is 0 Å². The molecule has 3 N–H and O–H groups in total. The zero-order valence-electron chi connectivity index (χ0n) is 23.3. The Hall–Kier alpha value is -4.27. The summed E-state index contributed by atoms with van der Waals surface area (Å²) in [7, 11) is 1.75. The molecule has 2 aromatic carbocycles. The summed E-state index contributed by atoms with van der Waals surface area (Å²) in [5.74, 6) is 0.603. The van der Waals surface area contributed by atoms with E-state index in [9.17, 15) is 18.0 Å². The number of nitrogens with one attached hydrogen (secondary N) is 3. The van der Waals surface area contributed by atoms with Crippen molar-refractivity contribution in [1.82, 2.24) is 29.5 Å².